The Hall–Kier alpha value is -1.60. The van der Waals surface area contributed by atoms with Crippen LogP contribution >= 0.6 is 23.2 Å². The minimum absolute atomic E-state index is 0.0253. The molecule has 0 aliphatic heterocycles. The number of hydrogen-bond donors (Lipinski definition) is 1. The fourth-order valence-corrected chi connectivity index (χ4v) is 3.31. The highest BCUT2D eigenvalue weighted by Gasteiger charge is 2.19. The number of carbonyl (C=O) groups is 1. The molecule has 2 aromatic carbocycles. The molecule has 0 spiro atoms. The van der Waals surface area contributed by atoms with Crippen molar-refractivity contribution in [1.82, 2.24) is 0 Å². The van der Waals surface area contributed by atoms with Crippen molar-refractivity contribution in [2.45, 2.75) is 17.9 Å². The molecular weight excluding hydrogens is 361 g/mol. The Morgan fingerprint density at radius 1 is 1.13 bits per heavy atom. The van der Waals surface area contributed by atoms with Crippen molar-refractivity contribution >= 4 is 39.2 Å². The van der Waals surface area contributed by atoms with E-state index in [-0.39, 0.29) is 15.5 Å². The molecule has 1 atom stereocenters. The number of halogens is 2. The van der Waals surface area contributed by atoms with Gasteiger partial charge in [0.15, 0.2) is 0 Å². The minimum Gasteiger partial charge on any atom is -0.454 e. The number of sulfonamides is 1. The summed E-state index contributed by atoms with van der Waals surface area (Å²) in [6, 6.07) is 10.7. The second kappa shape index (κ2) is 6.88. The number of nitrogens with two attached hydrogens (primary N) is 1. The van der Waals surface area contributed by atoms with Gasteiger partial charge in [0.1, 0.15) is 11.0 Å². The van der Waals surface area contributed by atoms with Gasteiger partial charge in [0.25, 0.3) is 0 Å². The van der Waals surface area contributed by atoms with Crippen LogP contribution in [0, 0.1) is 0 Å². The monoisotopic (exact) mass is 373 g/mol. The molecule has 0 aliphatic rings. The molecule has 0 saturated carbocycles. The average Bonchev–Trinajstić information content (AvgIpc) is 2.46. The molecule has 5 nitrogen and oxygen atoms in total. The van der Waals surface area contributed by atoms with Crippen LogP contribution in [0.5, 0.6) is 0 Å². The van der Waals surface area contributed by atoms with Crippen molar-refractivity contribution in [3.63, 3.8) is 0 Å². The molecule has 8 heteroatoms. The topological polar surface area (TPSA) is 86.5 Å². The van der Waals surface area contributed by atoms with Crippen LogP contribution in [0.15, 0.2) is 47.4 Å². The van der Waals surface area contributed by atoms with Crippen LogP contribution in [0.4, 0.5) is 0 Å². The lowest BCUT2D eigenvalue weighted by atomic mass is 10.1. The Labute approximate surface area is 144 Å². The van der Waals surface area contributed by atoms with Crippen LogP contribution in [0.1, 0.15) is 28.9 Å². The summed E-state index contributed by atoms with van der Waals surface area (Å²) in [6.07, 6.45) is -0.607. The second-order valence-corrected chi connectivity index (χ2v) is 7.10. The van der Waals surface area contributed by atoms with Gasteiger partial charge in [0.2, 0.25) is 10.0 Å². The van der Waals surface area contributed by atoms with E-state index in [4.69, 9.17) is 33.1 Å². The maximum Gasteiger partial charge on any atom is 0.338 e. The van der Waals surface area contributed by atoms with Gasteiger partial charge in [0.05, 0.1) is 10.6 Å². The molecule has 23 heavy (non-hydrogen) atoms. The third-order valence-corrected chi connectivity index (χ3v) is 4.84. The summed E-state index contributed by atoms with van der Waals surface area (Å²) in [4.78, 5) is 11.9. The van der Waals surface area contributed by atoms with Crippen molar-refractivity contribution in [2.24, 2.45) is 5.14 Å². The lowest BCUT2D eigenvalue weighted by Gasteiger charge is -2.15. The average molecular weight is 374 g/mol. The Balaban J connectivity index is 2.27. The van der Waals surface area contributed by atoms with Gasteiger partial charge in [-0.1, -0.05) is 41.4 Å². The first-order valence-electron chi connectivity index (χ1n) is 6.48. The van der Waals surface area contributed by atoms with Crippen LogP contribution in [0.3, 0.4) is 0 Å². The third-order valence-electron chi connectivity index (χ3n) is 3.10. The van der Waals surface area contributed by atoms with E-state index in [1.165, 1.54) is 12.1 Å². The predicted octanol–water partition coefficient (Wildman–Crippen LogP) is 3.56. The lowest BCUT2D eigenvalue weighted by Crippen LogP contribution is -2.15. The smallest absolute Gasteiger partial charge is 0.338 e. The van der Waals surface area contributed by atoms with Crippen LogP contribution < -0.4 is 5.14 Å². The zero-order chi connectivity index (χ0) is 17.2. The number of esters is 1. The standard InChI is InChI=1S/C15H13Cl2NO4S/c1-9(11-4-2-3-5-12(11)16)22-15(19)10-6-7-13(17)14(8-10)23(18,20)21/h2-9H,1H3,(H2,18,20,21). The summed E-state index contributed by atoms with van der Waals surface area (Å²) < 4.78 is 28.2. The lowest BCUT2D eigenvalue weighted by molar-refractivity contribution is 0.0338. The Bertz CT molecular complexity index is 852. The fraction of sp³-hybridized carbons (Fsp3) is 0.133. The molecule has 0 fully saturated rings. The van der Waals surface area contributed by atoms with Crippen LogP contribution in [-0.2, 0) is 14.8 Å². The van der Waals surface area contributed by atoms with Crippen molar-refractivity contribution in [3.05, 3.63) is 63.6 Å². The quantitative estimate of drug-likeness (QED) is 0.829. The van der Waals surface area contributed by atoms with Crippen molar-refractivity contribution in [2.75, 3.05) is 0 Å². The van der Waals surface area contributed by atoms with E-state index in [1.54, 1.807) is 31.2 Å². The summed E-state index contributed by atoms with van der Waals surface area (Å²) in [5, 5.41) is 5.46. The molecular formula is C15H13Cl2NO4S. The highest BCUT2D eigenvalue weighted by atomic mass is 35.5. The molecule has 122 valence electrons. The molecule has 0 aliphatic carbocycles. The Kier molecular flexibility index (Phi) is 5.31. The summed E-state index contributed by atoms with van der Waals surface area (Å²) in [5.41, 5.74) is 0.667. The highest BCUT2D eigenvalue weighted by molar-refractivity contribution is 7.89. The van der Waals surface area contributed by atoms with E-state index in [2.05, 4.69) is 0 Å². The van der Waals surface area contributed by atoms with E-state index in [1.807, 2.05) is 0 Å². The molecule has 2 aromatic rings. The molecule has 0 heterocycles. The summed E-state index contributed by atoms with van der Waals surface area (Å²) in [6.45, 7) is 1.66. The van der Waals surface area contributed by atoms with E-state index in [0.29, 0.717) is 10.6 Å². The maximum absolute atomic E-state index is 12.2. The van der Waals surface area contributed by atoms with E-state index >= 15 is 0 Å². The second-order valence-electron chi connectivity index (χ2n) is 4.76. The van der Waals surface area contributed by atoms with Gasteiger partial charge >= 0.3 is 5.97 Å². The van der Waals surface area contributed by atoms with Crippen LogP contribution in [0.2, 0.25) is 10.0 Å². The van der Waals surface area contributed by atoms with Gasteiger partial charge in [-0.15, -0.1) is 0 Å². The minimum atomic E-state index is -4.04. The van der Waals surface area contributed by atoms with E-state index in [9.17, 15) is 13.2 Å². The van der Waals surface area contributed by atoms with Crippen molar-refractivity contribution in [3.8, 4) is 0 Å². The molecule has 0 radical (unpaired) electrons. The third kappa shape index (κ3) is 4.23. The van der Waals surface area contributed by atoms with Crippen LogP contribution in [0.25, 0.3) is 0 Å². The molecule has 2 N–H and O–H groups in total. The van der Waals surface area contributed by atoms with Crippen molar-refractivity contribution in [1.29, 1.82) is 0 Å². The first-order chi connectivity index (χ1) is 10.7. The molecule has 0 bridgehead atoms. The largest absolute Gasteiger partial charge is 0.454 e. The van der Waals surface area contributed by atoms with Crippen molar-refractivity contribution < 1.29 is 17.9 Å². The zero-order valence-corrected chi connectivity index (χ0v) is 14.3. The normalized spacial score (nSPS) is 12.7. The first kappa shape index (κ1) is 17.7. The number of ether oxygens (including phenoxy) is 1. The number of carbonyl (C=O) groups excluding carboxylic acids is 1. The Morgan fingerprint density at radius 3 is 2.39 bits per heavy atom. The molecule has 2 rings (SSSR count). The number of hydrogen-bond acceptors (Lipinski definition) is 4. The zero-order valence-electron chi connectivity index (χ0n) is 12.0. The van der Waals surface area contributed by atoms with Crippen LogP contribution in [-0.4, -0.2) is 14.4 Å². The number of benzene rings is 2. The summed E-state index contributed by atoms with van der Waals surface area (Å²) in [5.74, 6) is -0.709. The van der Waals surface area contributed by atoms with Gasteiger partial charge in [-0.25, -0.2) is 18.4 Å². The Morgan fingerprint density at radius 2 is 1.78 bits per heavy atom. The highest BCUT2D eigenvalue weighted by Crippen LogP contribution is 2.27. The van der Waals surface area contributed by atoms with Gasteiger partial charge in [-0.2, -0.15) is 0 Å². The van der Waals surface area contributed by atoms with E-state index < -0.39 is 22.1 Å². The predicted molar refractivity (Wildman–Crippen MR) is 88.1 cm³/mol. The SMILES string of the molecule is CC(OC(=O)c1ccc(Cl)c(S(N)(=O)=O)c1)c1ccccc1Cl. The summed E-state index contributed by atoms with van der Waals surface area (Å²) >= 11 is 11.8. The molecule has 0 aromatic heterocycles. The fourth-order valence-electron chi connectivity index (χ4n) is 1.95. The maximum atomic E-state index is 12.2. The van der Waals surface area contributed by atoms with Gasteiger partial charge in [-0.05, 0) is 31.2 Å². The first-order valence-corrected chi connectivity index (χ1v) is 8.78. The number of rotatable bonds is 4. The summed E-state index contributed by atoms with van der Waals surface area (Å²) in [7, 11) is -4.04. The van der Waals surface area contributed by atoms with Gasteiger partial charge in [-0.3, -0.25) is 0 Å². The van der Waals surface area contributed by atoms with Gasteiger partial charge in [0, 0.05) is 10.6 Å². The molecule has 0 saturated heterocycles. The molecule has 1 unspecified atom stereocenters. The van der Waals surface area contributed by atoms with Gasteiger partial charge < -0.3 is 4.74 Å². The molecule has 0 amide bonds. The number of primary sulfonamides is 1. The van der Waals surface area contributed by atoms with E-state index in [0.717, 1.165) is 6.07 Å².